The largest absolute Gasteiger partial charge is 0.497 e. The lowest BCUT2D eigenvalue weighted by molar-refractivity contribution is -0.925. The van der Waals surface area contributed by atoms with E-state index in [1.165, 1.54) is 4.90 Å². The molecule has 2 saturated heterocycles. The number of ether oxygens (including phenoxy) is 2. The average molecular weight is 369 g/mol. The molecule has 1 atom stereocenters. The summed E-state index contributed by atoms with van der Waals surface area (Å²) in [4.78, 5) is 15.4. The van der Waals surface area contributed by atoms with E-state index in [0.717, 1.165) is 25.3 Å². The summed E-state index contributed by atoms with van der Waals surface area (Å²) in [6.45, 7) is 2.91. The van der Waals surface area contributed by atoms with Crippen molar-refractivity contribution in [2.75, 3.05) is 51.4 Å². The Bertz CT molecular complexity index is 696. The Balaban J connectivity index is 1.43. The van der Waals surface area contributed by atoms with E-state index >= 15 is 0 Å². The molecule has 1 aromatic carbocycles. The highest BCUT2D eigenvalue weighted by molar-refractivity contribution is 7.91. The van der Waals surface area contributed by atoms with Crippen LogP contribution in [0.15, 0.2) is 24.3 Å². The van der Waals surface area contributed by atoms with Gasteiger partial charge in [-0.2, -0.15) is 0 Å². The van der Waals surface area contributed by atoms with Gasteiger partial charge in [-0.1, -0.05) is 0 Å². The topological polar surface area (TPSA) is 77.3 Å². The van der Waals surface area contributed by atoms with Gasteiger partial charge in [0.25, 0.3) is 5.91 Å². The van der Waals surface area contributed by atoms with Crippen LogP contribution in [-0.4, -0.2) is 76.7 Å². The number of methoxy groups -OCH3 is 1. The fraction of sp³-hybridized carbons (Fsp3) is 0.588. The number of carbonyl (C=O) groups excluding carboxylic acids is 1. The van der Waals surface area contributed by atoms with Gasteiger partial charge in [-0.05, 0) is 24.3 Å². The smallest absolute Gasteiger partial charge is 0.260 e. The molecule has 0 spiro atoms. The van der Waals surface area contributed by atoms with E-state index in [1.54, 1.807) is 36.3 Å². The number of amides is 1. The van der Waals surface area contributed by atoms with Crippen LogP contribution in [0.1, 0.15) is 6.42 Å². The minimum Gasteiger partial charge on any atom is -0.497 e. The number of carbonyl (C=O) groups is 1. The Labute approximate surface area is 148 Å². The number of nitrogens with zero attached hydrogens (tertiary/aromatic N) is 1. The standard InChI is InChI=1S/C17H24N2O5S/c1-23-15-2-4-16(5-3-15)24-12-17(20)19-9-7-18(8-10-19)14-6-11-25(21,22)13-14/h2-5,14H,6-13H2,1H3/p+1/t14-/m1/s1. The van der Waals surface area contributed by atoms with Gasteiger partial charge in [0.2, 0.25) is 0 Å². The summed E-state index contributed by atoms with van der Waals surface area (Å²) in [5.74, 6) is 1.94. The van der Waals surface area contributed by atoms with Gasteiger partial charge in [-0.3, -0.25) is 4.79 Å². The van der Waals surface area contributed by atoms with Gasteiger partial charge in [0.1, 0.15) is 23.3 Å². The first-order valence-corrected chi connectivity index (χ1v) is 10.4. The minimum atomic E-state index is -2.85. The Kier molecular flexibility index (Phi) is 5.48. The van der Waals surface area contributed by atoms with Gasteiger partial charge < -0.3 is 19.3 Å². The van der Waals surface area contributed by atoms with Crippen molar-refractivity contribution in [3.63, 3.8) is 0 Å². The summed E-state index contributed by atoms with van der Waals surface area (Å²) in [5.41, 5.74) is 0. The molecule has 2 fully saturated rings. The van der Waals surface area contributed by atoms with E-state index in [9.17, 15) is 13.2 Å². The molecule has 0 aliphatic carbocycles. The summed E-state index contributed by atoms with van der Waals surface area (Å²) < 4.78 is 33.9. The molecule has 8 heteroatoms. The summed E-state index contributed by atoms with van der Waals surface area (Å²) in [5, 5.41) is 0. The van der Waals surface area contributed by atoms with Crippen LogP contribution >= 0.6 is 0 Å². The van der Waals surface area contributed by atoms with Gasteiger partial charge in [-0.25, -0.2) is 8.42 Å². The van der Waals surface area contributed by atoms with Crippen molar-refractivity contribution in [3.8, 4) is 11.5 Å². The molecule has 2 aliphatic heterocycles. The molecule has 0 aromatic heterocycles. The normalized spacial score (nSPS) is 23.4. The predicted octanol–water partition coefficient (Wildman–Crippen LogP) is -1.01. The van der Waals surface area contributed by atoms with Gasteiger partial charge in [0.05, 0.1) is 39.0 Å². The zero-order valence-electron chi connectivity index (χ0n) is 14.4. The van der Waals surface area contributed by atoms with Gasteiger partial charge in [0, 0.05) is 6.42 Å². The van der Waals surface area contributed by atoms with Crippen LogP contribution in [0.25, 0.3) is 0 Å². The number of hydrogen-bond donors (Lipinski definition) is 1. The molecule has 3 rings (SSSR count). The fourth-order valence-electron chi connectivity index (χ4n) is 3.48. The lowest BCUT2D eigenvalue weighted by Crippen LogP contribution is -3.18. The van der Waals surface area contributed by atoms with E-state index in [0.29, 0.717) is 24.6 Å². The maximum atomic E-state index is 12.3. The first-order chi connectivity index (χ1) is 12.0. The molecule has 0 saturated carbocycles. The molecule has 138 valence electrons. The second kappa shape index (κ2) is 7.61. The van der Waals surface area contributed by atoms with E-state index in [-0.39, 0.29) is 24.3 Å². The molecular weight excluding hydrogens is 344 g/mol. The molecule has 0 bridgehead atoms. The van der Waals surface area contributed by atoms with Crippen LogP contribution in [0.3, 0.4) is 0 Å². The third-order valence-corrected chi connectivity index (χ3v) is 6.76. The Morgan fingerprint density at radius 1 is 1.20 bits per heavy atom. The highest BCUT2D eigenvalue weighted by Gasteiger charge is 2.37. The van der Waals surface area contributed by atoms with Crippen molar-refractivity contribution in [2.45, 2.75) is 12.5 Å². The first kappa shape index (κ1) is 18.0. The van der Waals surface area contributed by atoms with Crippen molar-refractivity contribution in [2.24, 2.45) is 0 Å². The molecule has 1 N–H and O–H groups in total. The molecule has 1 amide bonds. The zero-order chi connectivity index (χ0) is 17.9. The number of hydrogen-bond acceptors (Lipinski definition) is 5. The molecular formula is C17H25N2O5S+. The second-order valence-corrected chi connectivity index (χ2v) is 8.83. The summed E-state index contributed by atoms with van der Waals surface area (Å²) >= 11 is 0. The van der Waals surface area contributed by atoms with Crippen molar-refractivity contribution in [3.05, 3.63) is 24.3 Å². The van der Waals surface area contributed by atoms with Crippen molar-refractivity contribution in [1.29, 1.82) is 0 Å². The summed E-state index contributed by atoms with van der Waals surface area (Å²) in [6, 6.07) is 7.32. The van der Waals surface area contributed by atoms with Gasteiger partial charge >= 0.3 is 0 Å². The van der Waals surface area contributed by atoms with Crippen LogP contribution < -0.4 is 14.4 Å². The Morgan fingerprint density at radius 3 is 2.40 bits per heavy atom. The van der Waals surface area contributed by atoms with E-state index in [1.807, 2.05) is 0 Å². The number of piperazine rings is 1. The quantitative estimate of drug-likeness (QED) is 0.720. The van der Waals surface area contributed by atoms with Crippen LogP contribution in [-0.2, 0) is 14.6 Å². The molecule has 0 unspecified atom stereocenters. The van der Waals surface area contributed by atoms with Crippen LogP contribution in [0.4, 0.5) is 0 Å². The third kappa shape index (κ3) is 4.64. The predicted molar refractivity (Wildman–Crippen MR) is 92.8 cm³/mol. The van der Waals surface area contributed by atoms with Gasteiger partial charge in [0.15, 0.2) is 16.4 Å². The van der Waals surface area contributed by atoms with Crippen LogP contribution in [0.2, 0.25) is 0 Å². The molecule has 2 heterocycles. The van der Waals surface area contributed by atoms with Crippen molar-refractivity contribution >= 4 is 15.7 Å². The van der Waals surface area contributed by atoms with Crippen LogP contribution in [0.5, 0.6) is 11.5 Å². The molecule has 1 aromatic rings. The monoisotopic (exact) mass is 369 g/mol. The minimum absolute atomic E-state index is 0.0134. The maximum absolute atomic E-state index is 12.3. The third-order valence-electron chi connectivity index (χ3n) is 4.99. The second-order valence-electron chi connectivity index (χ2n) is 6.60. The molecule has 7 nitrogen and oxygen atoms in total. The van der Waals surface area contributed by atoms with Crippen LogP contribution in [0, 0.1) is 0 Å². The lowest BCUT2D eigenvalue weighted by Gasteiger charge is -2.34. The zero-order valence-corrected chi connectivity index (χ0v) is 15.3. The Hall–Kier alpha value is -1.80. The number of sulfone groups is 1. The van der Waals surface area contributed by atoms with Crippen molar-refractivity contribution in [1.82, 2.24) is 4.90 Å². The maximum Gasteiger partial charge on any atom is 0.260 e. The average Bonchev–Trinajstić information content (AvgIpc) is 3.00. The van der Waals surface area contributed by atoms with Crippen molar-refractivity contribution < 1.29 is 27.6 Å². The summed E-state index contributed by atoms with van der Waals surface area (Å²) in [6.07, 6.45) is 0.742. The van der Waals surface area contributed by atoms with E-state index in [4.69, 9.17) is 9.47 Å². The summed E-state index contributed by atoms with van der Waals surface area (Å²) in [7, 11) is -1.25. The molecule has 2 aliphatic rings. The first-order valence-electron chi connectivity index (χ1n) is 8.56. The number of benzene rings is 1. The van der Waals surface area contributed by atoms with Gasteiger partial charge in [-0.15, -0.1) is 0 Å². The highest BCUT2D eigenvalue weighted by Crippen LogP contribution is 2.17. The highest BCUT2D eigenvalue weighted by atomic mass is 32.2. The Morgan fingerprint density at radius 2 is 1.84 bits per heavy atom. The van der Waals surface area contributed by atoms with E-state index in [2.05, 4.69) is 0 Å². The molecule has 0 radical (unpaired) electrons. The number of quaternary nitrogens is 1. The number of nitrogens with one attached hydrogen (secondary N) is 1. The lowest BCUT2D eigenvalue weighted by atomic mass is 10.2. The molecule has 25 heavy (non-hydrogen) atoms. The number of rotatable bonds is 5. The fourth-order valence-corrected chi connectivity index (χ4v) is 5.30. The SMILES string of the molecule is COc1ccc(OCC(=O)N2CC[NH+]([C@@H]3CCS(=O)(=O)C3)CC2)cc1. The van der Waals surface area contributed by atoms with E-state index < -0.39 is 9.84 Å².